The first kappa shape index (κ1) is 18.8. The van der Waals surface area contributed by atoms with Crippen LogP contribution in [0.15, 0.2) is 12.2 Å². The lowest BCUT2D eigenvalue weighted by Crippen LogP contribution is -2.83. The number of fused-ring (bicyclic) bond motifs is 2. The quantitative estimate of drug-likeness (QED) is 0.525. The monoisotopic (exact) mass is 390 g/mol. The highest BCUT2D eigenvalue weighted by Crippen LogP contribution is 2.76. The molecule has 2 saturated heterocycles. The second-order valence-electron chi connectivity index (χ2n) is 10.6. The number of hydrogen-bond acceptors (Lipinski definition) is 6. The largest absolute Gasteiger partial charge is 0.462 e. The van der Waals surface area contributed by atoms with E-state index in [1.54, 1.807) is 0 Å². The minimum absolute atomic E-state index is 0.154. The van der Waals surface area contributed by atoms with Crippen LogP contribution in [-0.2, 0) is 19.1 Å². The fourth-order valence-corrected chi connectivity index (χ4v) is 8.28. The molecule has 0 aromatic rings. The number of ether oxygens (including phenoxy) is 2. The van der Waals surface area contributed by atoms with Gasteiger partial charge in [0.05, 0.1) is 12.0 Å². The van der Waals surface area contributed by atoms with Gasteiger partial charge in [-0.15, -0.1) is 0 Å². The Balaban J connectivity index is 1.77. The Morgan fingerprint density at radius 2 is 2.00 bits per heavy atom. The van der Waals surface area contributed by atoms with Crippen LogP contribution in [0.25, 0.3) is 0 Å². The molecule has 2 heterocycles. The number of aliphatic hydroxyl groups excluding tert-OH is 1. The molecular weight excluding hydrogens is 360 g/mol. The standard InChI is InChI=1S/C22H30O6/c1-11-13-8-14(28-12(2)23)15-20-7-5-6-19(3,4)16(20)18(25)22(26,27-10-20)21(15,9-13)17(11)24/h13-16,18,25-26H,1,5-10H2,2-4H3/t13?,14?,15-,16+,18?,20+,21-,22-/m0/s1. The molecule has 2 spiro atoms. The van der Waals surface area contributed by atoms with Crippen LogP contribution in [0, 0.1) is 34.0 Å². The highest BCUT2D eigenvalue weighted by molar-refractivity contribution is 6.04. The second kappa shape index (κ2) is 5.27. The summed E-state index contributed by atoms with van der Waals surface area (Å²) in [6, 6.07) is 0. The van der Waals surface area contributed by atoms with Gasteiger partial charge in [0.25, 0.3) is 0 Å². The van der Waals surface area contributed by atoms with E-state index in [0.717, 1.165) is 19.3 Å². The lowest BCUT2D eigenvalue weighted by atomic mass is 9.36. The van der Waals surface area contributed by atoms with E-state index in [1.807, 2.05) is 0 Å². The van der Waals surface area contributed by atoms with Crippen LogP contribution >= 0.6 is 0 Å². The maximum atomic E-state index is 13.6. The van der Waals surface area contributed by atoms with Crippen molar-refractivity contribution in [3.63, 3.8) is 0 Å². The number of ketones is 1. The Hall–Kier alpha value is -1.24. The van der Waals surface area contributed by atoms with Crippen LogP contribution in [-0.4, -0.2) is 46.6 Å². The van der Waals surface area contributed by atoms with Crippen molar-refractivity contribution in [3.8, 4) is 0 Å². The van der Waals surface area contributed by atoms with Crippen LogP contribution < -0.4 is 0 Å². The third kappa shape index (κ3) is 1.81. The Bertz CT molecular complexity index is 788. The molecule has 4 saturated carbocycles. The summed E-state index contributed by atoms with van der Waals surface area (Å²) in [5, 5.41) is 23.2. The number of esters is 1. The summed E-state index contributed by atoms with van der Waals surface area (Å²) in [4.78, 5) is 25.5. The molecule has 0 aromatic heterocycles. The number of allylic oxidation sites excluding steroid dienone is 1. The fraction of sp³-hybridized carbons (Fsp3) is 0.818. The molecule has 6 rings (SSSR count). The lowest BCUT2D eigenvalue weighted by molar-refractivity contribution is -0.445. The highest BCUT2D eigenvalue weighted by Gasteiger charge is 2.84. The van der Waals surface area contributed by atoms with Crippen molar-refractivity contribution in [2.45, 2.75) is 70.9 Å². The van der Waals surface area contributed by atoms with Crippen LogP contribution in [0.2, 0.25) is 0 Å². The Labute approximate surface area is 165 Å². The van der Waals surface area contributed by atoms with Crippen LogP contribution in [0.5, 0.6) is 0 Å². The predicted molar refractivity (Wildman–Crippen MR) is 98.8 cm³/mol. The minimum Gasteiger partial charge on any atom is -0.462 e. The van der Waals surface area contributed by atoms with Gasteiger partial charge in [-0.1, -0.05) is 26.8 Å². The molecule has 28 heavy (non-hydrogen) atoms. The van der Waals surface area contributed by atoms with E-state index in [9.17, 15) is 19.8 Å². The van der Waals surface area contributed by atoms with Crippen LogP contribution in [0.3, 0.4) is 0 Å². The first-order valence-electron chi connectivity index (χ1n) is 10.5. The normalized spacial score (nSPS) is 53.5. The molecule has 6 fully saturated rings. The van der Waals surface area contributed by atoms with E-state index in [0.29, 0.717) is 18.4 Å². The molecule has 154 valence electrons. The Morgan fingerprint density at radius 1 is 1.29 bits per heavy atom. The van der Waals surface area contributed by atoms with E-state index in [-0.39, 0.29) is 41.5 Å². The molecule has 6 nitrogen and oxygen atoms in total. The number of hydrogen-bond donors (Lipinski definition) is 2. The van der Waals surface area contributed by atoms with Gasteiger partial charge in [0, 0.05) is 24.2 Å². The molecule has 3 unspecified atom stereocenters. The number of aliphatic hydroxyl groups is 2. The molecular formula is C22H30O6. The molecule has 4 aliphatic carbocycles. The molecule has 2 aliphatic heterocycles. The molecule has 6 aliphatic rings. The SMILES string of the molecule is C=C1C(=O)[C@]23CC1CC(OC(C)=O)[C@H]2[C@]12CCCC(C)(C)[C@H]1C(O)[C@]3(O)OC2. The average molecular weight is 390 g/mol. The topological polar surface area (TPSA) is 93.1 Å². The summed E-state index contributed by atoms with van der Waals surface area (Å²) >= 11 is 0. The summed E-state index contributed by atoms with van der Waals surface area (Å²) in [5.41, 5.74) is -1.53. The van der Waals surface area contributed by atoms with Crippen molar-refractivity contribution in [3.05, 3.63) is 12.2 Å². The summed E-state index contributed by atoms with van der Waals surface area (Å²) in [5.74, 6) is -3.29. The van der Waals surface area contributed by atoms with Gasteiger partial charge in [0.15, 0.2) is 5.78 Å². The van der Waals surface area contributed by atoms with Gasteiger partial charge in [-0.25, -0.2) is 0 Å². The third-order valence-electron chi connectivity index (χ3n) is 8.96. The van der Waals surface area contributed by atoms with Gasteiger partial charge in [-0.3, -0.25) is 9.59 Å². The third-order valence-corrected chi connectivity index (χ3v) is 8.96. The highest BCUT2D eigenvalue weighted by atomic mass is 16.6. The lowest BCUT2D eigenvalue weighted by Gasteiger charge is -2.73. The first-order valence-corrected chi connectivity index (χ1v) is 10.5. The first-order chi connectivity index (χ1) is 13.0. The molecule has 4 bridgehead atoms. The smallest absolute Gasteiger partial charge is 0.302 e. The van der Waals surface area contributed by atoms with Gasteiger partial charge in [0.1, 0.15) is 12.2 Å². The van der Waals surface area contributed by atoms with Crippen molar-refractivity contribution in [2.24, 2.45) is 34.0 Å². The molecule has 2 N–H and O–H groups in total. The Kier molecular flexibility index (Phi) is 3.53. The maximum Gasteiger partial charge on any atom is 0.302 e. The molecule has 0 aromatic carbocycles. The van der Waals surface area contributed by atoms with E-state index in [2.05, 4.69) is 20.4 Å². The molecule has 0 amide bonds. The Morgan fingerprint density at radius 3 is 2.68 bits per heavy atom. The van der Waals surface area contributed by atoms with Crippen molar-refractivity contribution in [1.29, 1.82) is 0 Å². The second-order valence-corrected chi connectivity index (χ2v) is 10.6. The van der Waals surface area contributed by atoms with Gasteiger partial charge >= 0.3 is 5.97 Å². The van der Waals surface area contributed by atoms with Crippen LogP contribution in [0.1, 0.15) is 52.9 Å². The van der Waals surface area contributed by atoms with Crippen molar-refractivity contribution < 1.29 is 29.3 Å². The molecule has 6 heteroatoms. The zero-order valence-electron chi connectivity index (χ0n) is 16.9. The van der Waals surface area contributed by atoms with Crippen molar-refractivity contribution in [1.82, 2.24) is 0 Å². The summed E-state index contributed by atoms with van der Waals surface area (Å²) in [6.45, 7) is 9.93. The zero-order chi connectivity index (χ0) is 20.3. The van der Waals surface area contributed by atoms with Crippen molar-refractivity contribution in [2.75, 3.05) is 6.61 Å². The van der Waals surface area contributed by atoms with Gasteiger partial charge < -0.3 is 19.7 Å². The number of carbonyl (C=O) groups is 2. The van der Waals surface area contributed by atoms with Gasteiger partial charge in [0.2, 0.25) is 5.79 Å². The van der Waals surface area contributed by atoms with Gasteiger partial charge in [-0.05, 0) is 42.6 Å². The van der Waals surface area contributed by atoms with Gasteiger partial charge in [-0.2, -0.15) is 0 Å². The predicted octanol–water partition coefficient (Wildman–Crippen LogP) is 1.98. The van der Waals surface area contributed by atoms with Crippen LogP contribution in [0.4, 0.5) is 0 Å². The van der Waals surface area contributed by atoms with E-state index < -0.39 is 28.8 Å². The summed E-state index contributed by atoms with van der Waals surface area (Å²) in [6.07, 6.45) is 2.03. The maximum absolute atomic E-state index is 13.6. The molecule has 0 radical (unpaired) electrons. The zero-order valence-corrected chi connectivity index (χ0v) is 16.9. The average Bonchev–Trinajstić information content (AvgIpc) is 2.78. The van der Waals surface area contributed by atoms with Crippen molar-refractivity contribution >= 4 is 11.8 Å². The number of rotatable bonds is 1. The van der Waals surface area contributed by atoms with E-state index in [1.165, 1.54) is 6.92 Å². The number of carbonyl (C=O) groups excluding carboxylic acids is 2. The summed E-state index contributed by atoms with van der Waals surface area (Å²) in [7, 11) is 0. The van der Waals surface area contributed by atoms with E-state index in [4.69, 9.17) is 9.47 Å². The number of Topliss-reactive ketones (excluding diaryl/α,β-unsaturated/α-hetero) is 1. The minimum atomic E-state index is -1.97. The van der Waals surface area contributed by atoms with E-state index >= 15 is 0 Å². The fourth-order valence-electron chi connectivity index (χ4n) is 8.28. The molecule has 8 atom stereocenters. The summed E-state index contributed by atoms with van der Waals surface area (Å²) < 4.78 is 11.8.